The van der Waals surface area contributed by atoms with Gasteiger partial charge in [0.15, 0.2) is 0 Å². The fourth-order valence-electron chi connectivity index (χ4n) is 5.83. The van der Waals surface area contributed by atoms with Crippen LogP contribution in [0.3, 0.4) is 0 Å². The minimum Gasteiger partial charge on any atom is -0.135 e. The van der Waals surface area contributed by atoms with Crippen molar-refractivity contribution in [2.75, 3.05) is 0 Å². The molecule has 46 heavy (non-hydrogen) atoms. The zero-order chi connectivity index (χ0) is 31.0. The summed E-state index contributed by atoms with van der Waals surface area (Å²) in [5.41, 5.74) is 9.50. The van der Waals surface area contributed by atoms with Crippen molar-refractivity contribution in [3.63, 3.8) is 0 Å². The maximum absolute atomic E-state index is 3.44. The van der Waals surface area contributed by atoms with E-state index in [0.29, 0.717) is 0 Å². The van der Waals surface area contributed by atoms with Crippen LogP contribution in [0.4, 0.5) is 0 Å². The van der Waals surface area contributed by atoms with Crippen LogP contribution in [-0.2, 0) is 0 Å². The molecular formula is C44H30S2. The molecule has 0 radical (unpaired) electrons. The highest BCUT2D eigenvalue weighted by molar-refractivity contribution is 7.26. The Bertz CT molecular complexity index is 2350. The van der Waals surface area contributed by atoms with Gasteiger partial charge in [-0.25, -0.2) is 0 Å². The first-order valence-corrected chi connectivity index (χ1v) is 17.1. The lowest BCUT2D eigenvalue weighted by molar-refractivity contribution is 1.46. The standard InChI is InChI=1S/C44H30S2/c1-29-3-7-31(8-4-29)11-13-33-17-21-37-39-23-19-35(27-43(39)45-41(37)25-33)15-16-36-20-24-40-38-22-18-34(26-42(38)46-44(40)28-36)14-12-32-9-5-30(2)6-10-32/h3-14,17-28H,1-2H3/b13-11+,14-12+. The number of hydrogen-bond acceptors (Lipinski definition) is 2. The van der Waals surface area contributed by atoms with Crippen LogP contribution < -0.4 is 0 Å². The third-order valence-corrected chi connectivity index (χ3v) is 10.7. The van der Waals surface area contributed by atoms with Crippen molar-refractivity contribution in [3.05, 3.63) is 166 Å². The largest absolute Gasteiger partial charge is 0.135 e. The Morgan fingerprint density at radius 2 is 0.696 bits per heavy atom. The number of hydrogen-bond donors (Lipinski definition) is 0. The Hall–Kier alpha value is -5.20. The Labute approximate surface area is 277 Å². The molecule has 2 aromatic heterocycles. The molecule has 2 heterocycles. The van der Waals surface area contributed by atoms with E-state index in [1.807, 2.05) is 22.7 Å². The second-order valence-corrected chi connectivity index (χ2v) is 14.0. The first-order chi connectivity index (χ1) is 22.5. The summed E-state index contributed by atoms with van der Waals surface area (Å²) in [5, 5.41) is 5.19. The zero-order valence-corrected chi connectivity index (χ0v) is 27.3. The lowest BCUT2D eigenvalue weighted by Gasteiger charge is -1.97. The fraction of sp³-hybridized carbons (Fsp3) is 0.0455. The van der Waals surface area contributed by atoms with E-state index in [1.165, 1.54) is 73.7 Å². The van der Waals surface area contributed by atoms with Gasteiger partial charge in [-0.15, -0.1) is 22.7 Å². The van der Waals surface area contributed by atoms with E-state index in [0.717, 1.165) is 11.1 Å². The predicted molar refractivity (Wildman–Crippen MR) is 205 cm³/mol. The zero-order valence-electron chi connectivity index (χ0n) is 25.7. The molecule has 0 aliphatic rings. The number of aryl methyl sites for hydroxylation is 2. The summed E-state index contributed by atoms with van der Waals surface area (Å²) >= 11 is 3.68. The number of thiophene rings is 2. The van der Waals surface area contributed by atoms with Crippen LogP contribution >= 0.6 is 22.7 Å². The number of benzene rings is 6. The van der Waals surface area contributed by atoms with Gasteiger partial charge in [-0.2, -0.15) is 0 Å². The molecule has 0 bridgehead atoms. The van der Waals surface area contributed by atoms with E-state index in [2.05, 4.69) is 171 Å². The molecule has 0 aliphatic heterocycles. The molecule has 2 heteroatoms. The number of fused-ring (bicyclic) bond motifs is 6. The van der Waals surface area contributed by atoms with Crippen molar-refractivity contribution in [2.24, 2.45) is 0 Å². The highest BCUT2D eigenvalue weighted by Crippen LogP contribution is 2.36. The molecule has 218 valence electrons. The summed E-state index contributed by atoms with van der Waals surface area (Å²) in [7, 11) is 0. The first-order valence-electron chi connectivity index (χ1n) is 15.5. The van der Waals surface area contributed by atoms with Gasteiger partial charge in [0.05, 0.1) is 0 Å². The van der Waals surface area contributed by atoms with E-state index < -0.39 is 0 Å². The Kier molecular flexibility index (Phi) is 7.35. The molecule has 0 spiro atoms. The minimum absolute atomic E-state index is 1.04. The molecule has 0 fully saturated rings. The van der Waals surface area contributed by atoms with Gasteiger partial charge in [-0.05, 0) is 72.5 Å². The molecule has 0 N–H and O–H groups in total. The van der Waals surface area contributed by atoms with E-state index in [1.54, 1.807) is 0 Å². The average Bonchev–Trinajstić information content (AvgIpc) is 3.63. The van der Waals surface area contributed by atoms with E-state index in [4.69, 9.17) is 0 Å². The highest BCUT2D eigenvalue weighted by atomic mass is 32.1. The summed E-state index contributed by atoms with van der Waals surface area (Å²) in [4.78, 5) is 0. The van der Waals surface area contributed by atoms with Crippen molar-refractivity contribution in [1.29, 1.82) is 0 Å². The normalized spacial score (nSPS) is 11.8. The number of rotatable bonds is 4. The quantitative estimate of drug-likeness (QED) is 0.135. The molecule has 6 aromatic carbocycles. The first kappa shape index (κ1) is 28.3. The lowest BCUT2D eigenvalue weighted by Crippen LogP contribution is -1.77. The molecule has 0 saturated carbocycles. The van der Waals surface area contributed by atoms with Crippen molar-refractivity contribution in [1.82, 2.24) is 0 Å². The monoisotopic (exact) mass is 622 g/mol. The molecule has 8 rings (SSSR count). The maximum Gasteiger partial charge on any atom is 0.0367 e. The molecule has 8 aromatic rings. The SMILES string of the molecule is Cc1ccc(/C=C/c2ccc3c(c2)sc2cc(C#Cc4ccc5c(c4)sc4cc(/C=C/c6ccc(C)cc6)ccc45)ccc23)cc1. The maximum atomic E-state index is 3.44. The lowest BCUT2D eigenvalue weighted by atomic mass is 10.1. The molecular weight excluding hydrogens is 593 g/mol. The summed E-state index contributed by atoms with van der Waals surface area (Å²) in [5.74, 6) is 6.87. The predicted octanol–water partition coefficient (Wildman–Crippen LogP) is 12.8. The summed E-state index contributed by atoms with van der Waals surface area (Å²) < 4.78 is 5.15. The Balaban J connectivity index is 1.04. The van der Waals surface area contributed by atoms with Gasteiger partial charge in [0, 0.05) is 51.5 Å². The van der Waals surface area contributed by atoms with Crippen LogP contribution in [0.25, 0.3) is 64.6 Å². The second kappa shape index (κ2) is 12.0. The van der Waals surface area contributed by atoms with E-state index >= 15 is 0 Å². The van der Waals surface area contributed by atoms with Crippen molar-refractivity contribution >= 4 is 87.3 Å². The van der Waals surface area contributed by atoms with Crippen molar-refractivity contribution < 1.29 is 0 Å². The summed E-state index contributed by atoms with van der Waals surface area (Å²) in [6.45, 7) is 4.24. The molecule has 0 amide bonds. The third kappa shape index (κ3) is 5.80. The van der Waals surface area contributed by atoms with Gasteiger partial charge in [-0.3, -0.25) is 0 Å². The minimum atomic E-state index is 1.04. The fourth-order valence-corrected chi connectivity index (χ4v) is 8.22. The Morgan fingerprint density at radius 1 is 0.370 bits per heavy atom. The van der Waals surface area contributed by atoms with Gasteiger partial charge >= 0.3 is 0 Å². The van der Waals surface area contributed by atoms with Crippen LogP contribution in [0, 0.1) is 25.7 Å². The summed E-state index contributed by atoms with van der Waals surface area (Å²) in [6.07, 6.45) is 8.75. The molecule has 0 unspecified atom stereocenters. The van der Waals surface area contributed by atoms with Crippen LogP contribution in [0.1, 0.15) is 44.5 Å². The van der Waals surface area contributed by atoms with Crippen molar-refractivity contribution in [2.45, 2.75) is 13.8 Å². The van der Waals surface area contributed by atoms with Crippen LogP contribution in [0.2, 0.25) is 0 Å². The third-order valence-electron chi connectivity index (χ3n) is 8.44. The molecule has 0 aliphatic carbocycles. The van der Waals surface area contributed by atoms with Gasteiger partial charge in [-0.1, -0.05) is 132 Å². The molecule has 0 saturated heterocycles. The topological polar surface area (TPSA) is 0 Å². The van der Waals surface area contributed by atoms with Gasteiger partial charge in [0.25, 0.3) is 0 Å². The molecule has 0 nitrogen and oxygen atoms in total. The Morgan fingerprint density at radius 3 is 1.11 bits per heavy atom. The average molecular weight is 623 g/mol. The van der Waals surface area contributed by atoms with Crippen LogP contribution in [-0.4, -0.2) is 0 Å². The van der Waals surface area contributed by atoms with Gasteiger partial charge < -0.3 is 0 Å². The van der Waals surface area contributed by atoms with E-state index in [9.17, 15) is 0 Å². The van der Waals surface area contributed by atoms with Crippen molar-refractivity contribution in [3.8, 4) is 11.8 Å². The van der Waals surface area contributed by atoms with Gasteiger partial charge in [0.2, 0.25) is 0 Å². The van der Waals surface area contributed by atoms with Crippen LogP contribution in [0.5, 0.6) is 0 Å². The second-order valence-electron chi connectivity index (χ2n) is 11.9. The van der Waals surface area contributed by atoms with Gasteiger partial charge in [0.1, 0.15) is 0 Å². The molecule has 0 atom stereocenters. The summed E-state index contributed by atoms with van der Waals surface area (Å²) in [6, 6.07) is 44.0. The van der Waals surface area contributed by atoms with Crippen LogP contribution in [0.15, 0.2) is 121 Å². The smallest absolute Gasteiger partial charge is 0.0367 e. The highest BCUT2D eigenvalue weighted by Gasteiger charge is 2.08. The van der Waals surface area contributed by atoms with E-state index in [-0.39, 0.29) is 0 Å².